The Kier molecular flexibility index (Phi) is 7.35. The van der Waals surface area contributed by atoms with Crippen LogP contribution in [-0.2, 0) is 20.8 Å². The number of thiophene rings is 1. The molecule has 0 amide bonds. The molecule has 24 heavy (non-hydrogen) atoms. The largest absolute Gasteiger partial charge is 0.458 e. The number of Topliss-reactive ketones (excluding diaryl/α,β-unsaturated/α-hetero) is 3. The Labute approximate surface area is 137 Å². The fourth-order valence-corrected chi connectivity index (χ4v) is 1.80. The monoisotopic (exact) mass is 376 g/mol. The second kappa shape index (κ2) is 7.91. The second-order valence-electron chi connectivity index (χ2n) is 5.58. The van der Waals surface area contributed by atoms with Gasteiger partial charge in [-0.2, -0.15) is 26.3 Å². The van der Waals surface area contributed by atoms with E-state index in [0.29, 0.717) is 12.2 Å². The first kappa shape index (κ1) is 22.3. The topological polar surface area (TPSA) is 51.2 Å². The molecule has 0 saturated heterocycles. The first-order valence-electron chi connectivity index (χ1n) is 6.35. The van der Waals surface area contributed by atoms with Gasteiger partial charge >= 0.3 is 23.9 Å². The van der Waals surface area contributed by atoms with Crippen LogP contribution in [0.5, 0.6) is 0 Å². The number of hydrogen-bond donors (Lipinski definition) is 0. The van der Waals surface area contributed by atoms with Gasteiger partial charge in [0.25, 0.3) is 0 Å². The molecule has 0 saturated carbocycles. The van der Waals surface area contributed by atoms with Gasteiger partial charge in [-0.15, -0.1) is 11.3 Å². The van der Waals surface area contributed by atoms with Crippen LogP contribution < -0.4 is 0 Å². The van der Waals surface area contributed by atoms with E-state index in [0.717, 1.165) is 4.88 Å². The lowest BCUT2D eigenvalue weighted by atomic mass is 9.89. The molecule has 0 radical (unpaired) electrons. The second-order valence-corrected chi connectivity index (χ2v) is 6.62. The number of carbonyl (C=O) groups excluding carboxylic acids is 3. The third kappa shape index (κ3) is 7.71. The molecule has 0 aliphatic heterocycles. The molecule has 1 aromatic rings. The van der Waals surface area contributed by atoms with Crippen molar-refractivity contribution in [1.82, 2.24) is 0 Å². The van der Waals surface area contributed by atoms with Crippen molar-refractivity contribution in [2.45, 2.75) is 39.5 Å². The summed E-state index contributed by atoms with van der Waals surface area (Å²) in [6.45, 7) is 5.88. The van der Waals surface area contributed by atoms with Crippen LogP contribution in [0.4, 0.5) is 26.3 Å². The van der Waals surface area contributed by atoms with Crippen LogP contribution in [0, 0.1) is 5.41 Å². The van der Waals surface area contributed by atoms with Crippen LogP contribution in [0.15, 0.2) is 17.5 Å². The van der Waals surface area contributed by atoms with Crippen molar-refractivity contribution < 1.29 is 40.7 Å². The minimum atomic E-state index is -5.77. The molecule has 0 fully saturated rings. The van der Waals surface area contributed by atoms with E-state index in [-0.39, 0.29) is 5.41 Å². The molecule has 0 spiro atoms. The van der Waals surface area contributed by atoms with Crippen molar-refractivity contribution >= 4 is 28.7 Å². The van der Waals surface area contributed by atoms with Crippen LogP contribution in [0.2, 0.25) is 0 Å². The lowest BCUT2D eigenvalue weighted by molar-refractivity contribution is -0.193. The van der Waals surface area contributed by atoms with E-state index in [9.17, 15) is 40.7 Å². The van der Waals surface area contributed by atoms with E-state index in [1.165, 1.54) is 0 Å². The van der Waals surface area contributed by atoms with Crippen LogP contribution >= 0.6 is 11.3 Å². The summed E-state index contributed by atoms with van der Waals surface area (Å²) in [5, 5.41) is 2.01. The highest BCUT2D eigenvalue weighted by Crippen LogP contribution is 2.24. The predicted octanol–water partition coefficient (Wildman–Crippen LogP) is 4.16. The predicted molar refractivity (Wildman–Crippen MR) is 74.6 cm³/mol. The highest BCUT2D eigenvalue weighted by Gasteiger charge is 2.54. The molecule has 136 valence electrons. The molecular weight excluding hydrogens is 362 g/mol. The zero-order valence-electron chi connectivity index (χ0n) is 12.8. The summed E-state index contributed by atoms with van der Waals surface area (Å²) in [5.41, 5.74) is -0.204. The normalized spacial score (nSPS) is 12.2. The maximum atomic E-state index is 11.5. The standard InChI is InChI=1S/C10H14OS.C4F6O2/c1-10(2,3)9(11)7-8-5-4-6-12-8;5-3(6,7)1(11)2(12)4(8,9)10/h4-6H,7H2,1-3H3;. The third-order valence-electron chi connectivity index (χ3n) is 2.47. The average Bonchev–Trinajstić information content (AvgIpc) is 2.87. The van der Waals surface area contributed by atoms with Gasteiger partial charge in [0.2, 0.25) is 0 Å². The van der Waals surface area contributed by atoms with Gasteiger partial charge in [0.05, 0.1) is 0 Å². The van der Waals surface area contributed by atoms with Crippen molar-refractivity contribution in [3.63, 3.8) is 0 Å². The Morgan fingerprint density at radius 2 is 1.33 bits per heavy atom. The number of hydrogen-bond acceptors (Lipinski definition) is 4. The van der Waals surface area contributed by atoms with Crippen LogP contribution in [-0.4, -0.2) is 29.7 Å². The Morgan fingerprint density at radius 1 is 0.917 bits per heavy atom. The fraction of sp³-hybridized carbons (Fsp3) is 0.500. The lowest BCUT2D eigenvalue weighted by Crippen LogP contribution is -2.39. The lowest BCUT2D eigenvalue weighted by Gasteiger charge is -2.15. The van der Waals surface area contributed by atoms with E-state index >= 15 is 0 Å². The number of alkyl halides is 6. The molecule has 0 N–H and O–H groups in total. The first-order chi connectivity index (χ1) is 10.6. The quantitative estimate of drug-likeness (QED) is 0.588. The fourth-order valence-electron chi connectivity index (χ4n) is 1.09. The van der Waals surface area contributed by atoms with Crippen LogP contribution in [0.3, 0.4) is 0 Å². The summed E-state index contributed by atoms with van der Waals surface area (Å²) in [5.74, 6) is -6.50. The maximum absolute atomic E-state index is 11.5. The minimum Gasteiger partial charge on any atom is -0.299 e. The van der Waals surface area contributed by atoms with E-state index in [1.807, 2.05) is 38.3 Å². The SMILES string of the molecule is CC(C)(C)C(=O)Cc1cccs1.O=C(C(=O)C(F)(F)F)C(F)(F)F. The summed E-state index contributed by atoms with van der Waals surface area (Å²) in [4.78, 5) is 31.9. The number of halogens is 6. The molecule has 10 heteroatoms. The molecule has 0 atom stereocenters. The Hall–Kier alpha value is -1.71. The van der Waals surface area contributed by atoms with E-state index in [4.69, 9.17) is 0 Å². The molecular formula is C14H14F6O3S. The van der Waals surface area contributed by atoms with E-state index in [2.05, 4.69) is 0 Å². The van der Waals surface area contributed by atoms with E-state index in [1.54, 1.807) is 11.3 Å². The zero-order chi connectivity index (χ0) is 19.3. The summed E-state index contributed by atoms with van der Waals surface area (Å²) in [6.07, 6.45) is -11.0. The summed E-state index contributed by atoms with van der Waals surface area (Å²) >= 11 is 1.65. The molecule has 1 rings (SSSR count). The van der Waals surface area contributed by atoms with Gasteiger partial charge in [-0.1, -0.05) is 26.8 Å². The molecule has 1 heterocycles. The van der Waals surface area contributed by atoms with Crippen molar-refractivity contribution in [3.8, 4) is 0 Å². The number of carbonyl (C=O) groups is 3. The van der Waals surface area contributed by atoms with Gasteiger partial charge in [0.1, 0.15) is 5.78 Å². The van der Waals surface area contributed by atoms with Gasteiger partial charge in [0, 0.05) is 16.7 Å². The van der Waals surface area contributed by atoms with Crippen LogP contribution in [0.25, 0.3) is 0 Å². The van der Waals surface area contributed by atoms with Gasteiger partial charge in [-0.25, -0.2) is 0 Å². The molecule has 3 nitrogen and oxygen atoms in total. The summed E-state index contributed by atoms with van der Waals surface area (Å²) in [7, 11) is 0. The number of rotatable bonds is 3. The average molecular weight is 376 g/mol. The number of ketones is 3. The van der Waals surface area contributed by atoms with Crippen molar-refractivity contribution in [1.29, 1.82) is 0 Å². The minimum absolute atomic E-state index is 0.204. The molecule has 0 bridgehead atoms. The Bertz CT molecular complexity index is 555. The van der Waals surface area contributed by atoms with E-state index < -0.39 is 23.9 Å². The van der Waals surface area contributed by atoms with Crippen molar-refractivity contribution in [2.75, 3.05) is 0 Å². The van der Waals surface area contributed by atoms with Gasteiger partial charge in [-0.05, 0) is 11.4 Å². The van der Waals surface area contributed by atoms with Gasteiger partial charge < -0.3 is 0 Å². The van der Waals surface area contributed by atoms with Crippen molar-refractivity contribution in [2.24, 2.45) is 5.41 Å². The summed E-state index contributed by atoms with van der Waals surface area (Å²) in [6, 6.07) is 3.99. The molecule has 0 aliphatic rings. The Balaban J connectivity index is 0.000000441. The molecule has 0 aliphatic carbocycles. The molecule has 1 aromatic heterocycles. The van der Waals surface area contributed by atoms with Gasteiger partial charge in [0.15, 0.2) is 0 Å². The molecule has 0 unspecified atom stereocenters. The highest BCUT2D eigenvalue weighted by molar-refractivity contribution is 7.10. The third-order valence-corrected chi connectivity index (χ3v) is 3.35. The van der Waals surface area contributed by atoms with Gasteiger partial charge in [-0.3, -0.25) is 14.4 Å². The van der Waals surface area contributed by atoms with Crippen molar-refractivity contribution in [3.05, 3.63) is 22.4 Å². The zero-order valence-corrected chi connectivity index (χ0v) is 13.7. The summed E-state index contributed by atoms with van der Waals surface area (Å²) < 4.78 is 67.0. The molecule has 0 aromatic carbocycles. The van der Waals surface area contributed by atoms with Crippen LogP contribution in [0.1, 0.15) is 25.6 Å². The smallest absolute Gasteiger partial charge is 0.299 e. The Morgan fingerprint density at radius 3 is 1.58 bits per heavy atom. The highest BCUT2D eigenvalue weighted by atomic mass is 32.1. The first-order valence-corrected chi connectivity index (χ1v) is 7.23. The maximum Gasteiger partial charge on any atom is 0.458 e.